The minimum Gasteiger partial charge on any atom is -0.491 e. The molecule has 4 aliphatic rings. The normalized spacial score (nSPS) is 14.3. The highest BCUT2D eigenvalue weighted by atomic mass is 19.1. The number of para-hydroxylation sites is 4. The fourth-order valence-corrected chi connectivity index (χ4v) is 13.5. The van der Waals surface area contributed by atoms with Gasteiger partial charge in [-0.05, 0) is 115 Å². The van der Waals surface area contributed by atoms with Gasteiger partial charge in [0.2, 0.25) is 16.7 Å². The van der Waals surface area contributed by atoms with Gasteiger partial charge in [0.15, 0.2) is 40.4 Å². The van der Waals surface area contributed by atoms with Crippen LogP contribution in [0.25, 0.3) is 43.7 Å². The number of amides is 3. The lowest BCUT2D eigenvalue weighted by Gasteiger charge is -2.26. The third-order valence-electron chi connectivity index (χ3n) is 18.9. The number of carbonyl (C=O) groups is 4. The molecule has 0 aliphatic carbocycles. The number of benzene rings is 5. The highest BCUT2D eigenvalue weighted by Gasteiger charge is 2.37. The van der Waals surface area contributed by atoms with Gasteiger partial charge in [0, 0.05) is 117 Å². The summed E-state index contributed by atoms with van der Waals surface area (Å²) in [5, 5.41) is 37.6. The maximum atomic E-state index is 13.9. The Morgan fingerprint density at radius 2 is 0.899 bits per heavy atom. The summed E-state index contributed by atoms with van der Waals surface area (Å²) in [7, 11) is 0. The molecule has 28 heteroatoms. The van der Waals surface area contributed by atoms with Crippen LogP contribution < -0.4 is 56.2 Å². The Morgan fingerprint density at radius 3 is 1.46 bits per heavy atom. The molecule has 0 saturated heterocycles. The van der Waals surface area contributed by atoms with E-state index in [2.05, 4.69) is 99.7 Å². The van der Waals surface area contributed by atoms with E-state index in [-0.39, 0.29) is 40.0 Å². The van der Waals surface area contributed by atoms with E-state index in [9.17, 15) is 32.3 Å². The SMILES string of the molecule is CC(C)(NC(=O)c1cccc2c1OCCNC2)c1noc2c(F)cccc12.CC(C)(NC(=O)c1ccnc2c1OCCNC2)c1noc2c(F)cccc12.CC(C)(NC(=O)c1nccc2c1OCCNC2)c1noc2c(F)cccc12.Cc1cc2ccccc2c(C(C)(C)CC(=O)c2cncc3c2OCCNC3)n1. The fourth-order valence-electron chi connectivity index (χ4n) is 13.5. The maximum absolute atomic E-state index is 13.9. The zero-order valence-electron chi connectivity index (χ0n) is 61.7. The summed E-state index contributed by atoms with van der Waals surface area (Å²) < 4.78 is 80.2. The van der Waals surface area contributed by atoms with Gasteiger partial charge >= 0.3 is 0 Å². The molecule has 4 aliphatic heterocycles. The summed E-state index contributed by atoms with van der Waals surface area (Å²) in [5.41, 5.74) is 5.45. The summed E-state index contributed by atoms with van der Waals surface area (Å²) in [4.78, 5) is 69.8. The van der Waals surface area contributed by atoms with Gasteiger partial charge in [-0.25, -0.2) is 18.2 Å². The predicted molar refractivity (Wildman–Crippen MR) is 400 cm³/mol. The molecule has 0 radical (unpaired) electrons. The average molecular weight is 1490 g/mol. The molecule has 0 saturated carbocycles. The van der Waals surface area contributed by atoms with Crippen molar-refractivity contribution < 1.29 is 64.9 Å². The van der Waals surface area contributed by atoms with Crippen molar-refractivity contribution in [2.75, 3.05) is 52.6 Å². The minimum absolute atomic E-state index is 0.0311. The fraction of sp³-hybridized carbons (Fsp3) is 0.321. The Bertz CT molecular complexity index is 5020. The van der Waals surface area contributed by atoms with Gasteiger partial charge in [0.25, 0.3) is 17.7 Å². The topological polar surface area (TPSA) is 319 Å². The Morgan fingerprint density at radius 1 is 0.450 bits per heavy atom. The predicted octanol–water partition coefficient (Wildman–Crippen LogP) is 12.1. The first-order chi connectivity index (χ1) is 52.4. The maximum Gasteiger partial charge on any atom is 0.274 e. The number of ketones is 1. The lowest BCUT2D eigenvalue weighted by atomic mass is 9.80. The Balaban J connectivity index is 0.000000128. The standard InChI is InChI=1S/C23H25N3O2.C20H20FN3O3.2C19H19FN4O3/c1-15-10-16-6-4-5-7-18(16)22(26-15)23(2,3)11-20(27)19-14-25-13-17-12-24-8-9-28-21(17)19;1-20(2,18-13-6-4-8-15(21)17(13)27-24-18)23-19(25)14-7-3-5-12-11-22-9-10-26-16(12)14;1-19(2,17-12-4-3-5-13(20)16(12)27-24-17)23-18(25)14-15-11(6-7-22-14)10-21-8-9-26-15;1-19(2,17-11-4-3-5-13(20)15(11)27-24-17)23-18(25)12-6-7-22-14-10-21-8-9-26-16(12)14/h4-7,10,13-14,24H,8-9,11-12H2,1-3H3;3-8,22H,9-11H2,1-2H3,(H,23,25);2*3-7,21H,8-10H2,1-2H3,(H,23,25). The molecule has 0 spiro atoms. The summed E-state index contributed by atoms with van der Waals surface area (Å²) in [6.07, 6.45) is 6.90. The van der Waals surface area contributed by atoms with Gasteiger partial charge in [0.1, 0.15) is 55.0 Å². The molecule has 0 bridgehead atoms. The second-order valence-corrected chi connectivity index (χ2v) is 28.8. The van der Waals surface area contributed by atoms with Crippen LogP contribution in [0.15, 0.2) is 154 Å². The van der Waals surface area contributed by atoms with E-state index in [1.807, 2.05) is 37.3 Å². The Labute approximate surface area is 625 Å². The zero-order valence-corrected chi connectivity index (χ0v) is 61.7. The van der Waals surface area contributed by atoms with Crippen molar-refractivity contribution in [1.82, 2.24) is 72.6 Å². The van der Waals surface area contributed by atoms with E-state index in [1.165, 1.54) is 18.2 Å². The number of nitrogens with zero attached hydrogens (tertiary/aromatic N) is 7. The van der Waals surface area contributed by atoms with Gasteiger partial charge < -0.3 is 69.7 Å². The minimum atomic E-state index is -0.913. The van der Waals surface area contributed by atoms with Crippen molar-refractivity contribution in [3.05, 3.63) is 231 Å². The molecule has 11 heterocycles. The third kappa shape index (κ3) is 16.4. The van der Waals surface area contributed by atoms with Crippen molar-refractivity contribution in [3.8, 4) is 23.0 Å². The molecule has 109 heavy (non-hydrogen) atoms. The number of hydrogen-bond acceptors (Lipinski definition) is 22. The first-order valence-electron chi connectivity index (χ1n) is 35.8. The van der Waals surface area contributed by atoms with Crippen LogP contribution >= 0.6 is 0 Å². The number of halogens is 3. The van der Waals surface area contributed by atoms with E-state index in [0.29, 0.717) is 151 Å². The smallest absolute Gasteiger partial charge is 0.274 e. The number of Topliss-reactive ketones (excluding diaryl/α,β-unsaturated/α-hetero) is 1. The quantitative estimate of drug-likeness (QED) is 0.0527. The Kier molecular flexibility index (Phi) is 22.2. The van der Waals surface area contributed by atoms with E-state index < -0.39 is 45.4 Å². The van der Waals surface area contributed by atoms with Gasteiger partial charge in [-0.3, -0.25) is 34.1 Å². The molecule has 564 valence electrons. The second-order valence-electron chi connectivity index (χ2n) is 28.8. The van der Waals surface area contributed by atoms with E-state index in [4.69, 9.17) is 37.5 Å². The van der Waals surface area contributed by atoms with Gasteiger partial charge in [0.05, 0.1) is 60.9 Å². The van der Waals surface area contributed by atoms with Crippen LogP contribution in [0.4, 0.5) is 13.2 Å². The highest BCUT2D eigenvalue weighted by Crippen LogP contribution is 2.38. The van der Waals surface area contributed by atoms with Crippen molar-refractivity contribution in [2.24, 2.45) is 0 Å². The first-order valence-corrected chi connectivity index (χ1v) is 35.8. The lowest BCUT2D eigenvalue weighted by Crippen LogP contribution is -2.42. The van der Waals surface area contributed by atoms with Gasteiger partial charge in [-0.1, -0.05) is 83.9 Å². The number of fused-ring (bicyclic) bond motifs is 8. The van der Waals surface area contributed by atoms with Crippen LogP contribution in [0.1, 0.15) is 154 Å². The van der Waals surface area contributed by atoms with Crippen LogP contribution in [-0.4, -0.2) is 112 Å². The average Bonchev–Trinajstić information content (AvgIpc) is 1.76. The number of carbonyl (C=O) groups excluding carboxylic acids is 4. The number of nitrogens with one attached hydrogen (secondary N) is 7. The molecule has 12 aromatic rings. The number of rotatable bonds is 13. The van der Waals surface area contributed by atoms with Gasteiger partial charge in [-0.15, -0.1) is 0 Å². The summed E-state index contributed by atoms with van der Waals surface area (Å²) in [5.74, 6) is -0.233. The molecule has 7 aromatic heterocycles. The van der Waals surface area contributed by atoms with Gasteiger partial charge in [-0.2, -0.15) is 0 Å². The van der Waals surface area contributed by atoms with Crippen LogP contribution in [0.2, 0.25) is 0 Å². The monoisotopic (exact) mass is 1480 g/mol. The summed E-state index contributed by atoms with van der Waals surface area (Å²) in [6.45, 7) is 24.1. The van der Waals surface area contributed by atoms with Crippen molar-refractivity contribution in [1.29, 1.82) is 0 Å². The van der Waals surface area contributed by atoms with E-state index >= 15 is 0 Å². The van der Waals surface area contributed by atoms with Crippen LogP contribution in [-0.2, 0) is 48.2 Å². The molecular formula is C81H83F3N14O11. The van der Waals surface area contributed by atoms with E-state index in [1.54, 1.807) is 115 Å². The number of pyridine rings is 4. The molecule has 16 rings (SSSR count). The third-order valence-corrected chi connectivity index (χ3v) is 18.9. The van der Waals surface area contributed by atoms with Crippen LogP contribution in [0.5, 0.6) is 23.0 Å². The zero-order chi connectivity index (χ0) is 76.8. The molecule has 3 amide bonds. The molecule has 0 atom stereocenters. The Hall–Kier alpha value is -11.7. The largest absolute Gasteiger partial charge is 0.491 e. The summed E-state index contributed by atoms with van der Waals surface area (Å²) in [6, 6.07) is 33.1. The molecule has 0 fully saturated rings. The lowest BCUT2D eigenvalue weighted by molar-refractivity contribution is 0.0892. The van der Waals surface area contributed by atoms with Crippen molar-refractivity contribution in [3.63, 3.8) is 0 Å². The second kappa shape index (κ2) is 32.0. The molecule has 5 aromatic carbocycles. The summed E-state index contributed by atoms with van der Waals surface area (Å²) >= 11 is 0. The first kappa shape index (κ1) is 75.5. The molecule has 0 unspecified atom stereocenters. The van der Waals surface area contributed by atoms with Crippen molar-refractivity contribution >= 4 is 67.2 Å². The molecule has 7 N–H and O–H groups in total. The van der Waals surface area contributed by atoms with Crippen LogP contribution in [0.3, 0.4) is 0 Å². The van der Waals surface area contributed by atoms with E-state index in [0.717, 1.165) is 51.9 Å². The highest BCUT2D eigenvalue weighted by molar-refractivity contribution is 6.01. The number of aromatic nitrogens is 7. The van der Waals surface area contributed by atoms with Crippen molar-refractivity contribution in [2.45, 2.75) is 117 Å². The molecule has 25 nitrogen and oxygen atoms in total. The number of ether oxygens (including phenoxy) is 4. The molecular weight excluding hydrogens is 1400 g/mol. The number of aryl methyl sites for hydroxylation is 1. The number of hydrogen-bond donors (Lipinski definition) is 7. The van der Waals surface area contributed by atoms with Crippen LogP contribution in [0, 0.1) is 24.4 Å².